The van der Waals surface area contributed by atoms with Crippen LogP contribution in [-0.2, 0) is 10.0 Å². The van der Waals surface area contributed by atoms with Gasteiger partial charge in [-0.25, -0.2) is 13.1 Å². The quantitative estimate of drug-likeness (QED) is 0.745. The Bertz CT molecular complexity index is 419. The van der Waals surface area contributed by atoms with Crippen LogP contribution >= 0.6 is 0 Å². The Hall–Kier alpha value is -0.130. The van der Waals surface area contributed by atoms with Crippen LogP contribution in [0.4, 0.5) is 0 Å². The molecule has 0 saturated heterocycles. The average molecular weight is 286 g/mol. The van der Waals surface area contributed by atoms with Gasteiger partial charge in [0.2, 0.25) is 10.0 Å². The van der Waals surface area contributed by atoms with Crippen molar-refractivity contribution >= 4 is 10.0 Å². The first-order chi connectivity index (χ1) is 9.03. The van der Waals surface area contributed by atoms with Crippen molar-refractivity contribution in [2.24, 2.45) is 17.8 Å². The van der Waals surface area contributed by atoms with Gasteiger partial charge in [0, 0.05) is 18.6 Å². The highest BCUT2D eigenvalue weighted by atomic mass is 32.2. The summed E-state index contributed by atoms with van der Waals surface area (Å²) < 4.78 is 27.0. The molecule has 4 unspecified atom stereocenters. The molecule has 0 radical (unpaired) electrons. The molecule has 110 valence electrons. The van der Waals surface area contributed by atoms with E-state index in [1.54, 1.807) is 0 Å². The fraction of sp³-hybridized carbons (Fsp3) is 1.00. The van der Waals surface area contributed by atoms with E-state index in [1.807, 2.05) is 0 Å². The van der Waals surface area contributed by atoms with E-state index < -0.39 is 10.0 Å². The summed E-state index contributed by atoms with van der Waals surface area (Å²) in [6, 6.07) is 0.694. The lowest BCUT2D eigenvalue weighted by Crippen LogP contribution is -2.42. The summed E-state index contributed by atoms with van der Waals surface area (Å²) in [5.74, 6) is 2.44. The Morgan fingerprint density at radius 2 is 1.95 bits per heavy atom. The molecule has 5 heteroatoms. The Labute approximate surface area is 116 Å². The van der Waals surface area contributed by atoms with Crippen molar-refractivity contribution in [3.8, 4) is 0 Å². The van der Waals surface area contributed by atoms with Crippen LogP contribution in [0.15, 0.2) is 0 Å². The summed E-state index contributed by atoms with van der Waals surface area (Å²) in [4.78, 5) is 0. The van der Waals surface area contributed by atoms with Crippen LogP contribution in [-0.4, -0.2) is 32.8 Å². The highest BCUT2D eigenvalue weighted by Crippen LogP contribution is 2.49. The molecule has 0 aromatic rings. The van der Waals surface area contributed by atoms with Gasteiger partial charge in [-0.15, -0.1) is 0 Å². The van der Waals surface area contributed by atoms with Crippen molar-refractivity contribution in [2.45, 2.75) is 57.5 Å². The van der Waals surface area contributed by atoms with Gasteiger partial charge < -0.3 is 5.32 Å². The molecule has 0 aromatic heterocycles. The van der Waals surface area contributed by atoms with E-state index in [4.69, 9.17) is 0 Å². The van der Waals surface area contributed by atoms with Crippen molar-refractivity contribution in [1.82, 2.24) is 10.0 Å². The molecule has 19 heavy (non-hydrogen) atoms. The van der Waals surface area contributed by atoms with Crippen molar-refractivity contribution in [3.05, 3.63) is 0 Å². The minimum atomic E-state index is -3.12. The van der Waals surface area contributed by atoms with Crippen LogP contribution in [0.25, 0.3) is 0 Å². The second-order valence-electron chi connectivity index (χ2n) is 6.79. The van der Waals surface area contributed by atoms with Gasteiger partial charge in [0.25, 0.3) is 0 Å². The Morgan fingerprint density at radius 1 is 1.16 bits per heavy atom. The van der Waals surface area contributed by atoms with E-state index >= 15 is 0 Å². The van der Waals surface area contributed by atoms with E-state index in [2.05, 4.69) is 17.0 Å². The molecule has 0 aromatic carbocycles. The van der Waals surface area contributed by atoms with Crippen molar-refractivity contribution in [3.63, 3.8) is 0 Å². The number of hydrogen-bond donors (Lipinski definition) is 2. The minimum absolute atomic E-state index is 0.112. The molecule has 3 rings (SSSR count). The molecule has 0 aliphatic heterocycles. The van der Waals surface area contributed by atoms with E-state index in [9.17, 15) is 8.42 Å². The molecular weight excluding hydrogens is 260 g/mol. The second kappa shape index (κ2) is 5.34. The molecule has 0 spiro atoms. The first-order valence-electron chi connectivity index (χ1n) is 7.77. The van der Waals surface area contributed by atoms with Crippen molar-refractivity contribution < 1.29 is 8.42 Å². The molecular formula is C14H26N2O2S. The van der Waals surface area contributed by atoms with Gasteiger partial charge in [-0.2, -0.15) is 0 Å². The maximum Gasteiger partial charge on any atom is 0.213 e. The summed E-state index contributed by atoms with van der Waals surface area (Å²) in [5.41, 5.74) is 0. The molecule has 3 saturated carbocycles. The molecule has 3 fully saturated rings. The first kappa shape index (κ1) is 13.8. The topological polar surface area (TPSA) is 58.2 Å². The minimum Gasteiger partial charge on any atom is -0.313 e. The summed E-state index contributed by atoms with van der Waals surface area (Å²) in [6.07, 6.45) is 7.65. The van der Waals surface area contributed by atoms with Crippen LogP contribution in [0.3, 0.4) is 0 Å². The predicted octanol–water partition coefficient (Wildman–Crippen LogP) is 1.48. The monoisotopic (exact) mass is 286 g/mol. The van der Waals surface area contributed by atoms with Crippen LogP contribution in [0.2, 0.25) is 0 Å². The zero-order valence-corrected chi connectivity index (χ0v) is 12.6. The third-order valence-electron chi connectivity index (χ3n) is 5.18. The van der Waals surface area contributed by atoms with Crippen LogP contribution in [0, 0.1) is 17.8 Å². The largest absolute Gasteiger partial charge is 0.313 e. The first-order valence-corrected chi connectivity index (χ1v) is 9.42. The van der Waals surface area contributed by atoms with E-state index in [0.29, 0.717) is 18.5 Å². The van der Waals surface area contributed by atoms with Gasteiger partial charge in [0.1, 0.15) is 0 Å². The van der Waals surface area contributed by atoms with Gasteiger partial charge in [0.05, 0.1) is 5.75 Å². The van der Waals surface area contributed by atoms with E-state index in [0.717, 1.165) is 11.8 Å². The smallest absolute Gasteiger partial charge is 0.213 e. The summed E-state index contributed by atoms with van der Waals surface area (Å²) in [5, 5.41) is 3.26. The lowest BCUT2D eigenvalue weighted by Gasteiger charge is -2.28. The van der Waals surface area contributed by atoms with Crippen LogP contribution in [0.1, 0.15) is 45.4 Å². The predicted molar refractivity (Wildman–Crippen MR) is 76.3 cm³/mol. The summed E-state index contributed by atoms with van der Waals surface area (Å²) >= 11 is 0. The number of rotatable bonds is 7. The molecule has 2 N–H and O–H groups in total. The summed E-state index contributed by atoms with van der Waals surface area (Å²) in [6.45, 7) is 2.64. The van der Waals surface area contributed by atoms with Crippen LogP contribution in [0.5, 0.6) is 0 Å². The molecule has 0 heterocycles. The van der Waals surface area contributed by atoms with Crippen molar-refractivity contribution in [1.29, 1.82) is 0 Å². The van der Waals surface area contributed by atoms with E-state index in [-0.39, 0.29) is 11.8 Å². The number of sulfonamides is 1. The molecule has 0 amide bonds. The molecule has 4 nitrogen and oxygen atoms in total. The maximum absolute atomic E-state index is 12.1. The third-order valence-corrected chi connectivity index (χ3v) is 6.65. The van der Waals surface area contributed by atoms with Gasteiger partial charge in [-0.3, -0.25) is 0 Å². The second-order valence-corrected chi connectivity index (χ2v) is 8.67. The zero-order chi connectivity index (χ0) is 13.5. The lowest BCUT2D eigenvalue weighted by atomic mass is 9.84. The molecule has 2 bridgehead atoms. The Kier molecular flexibility index (Phi) is 3.89. The fourth-order valence-corrected chi connectivity index (χ4v) is 5.27. The molecule has 4 atom stereocenters. The lowest BCUT2D eigenvalue weighted by molar-refractivity contribution is 0.280. The Balaban J connectivity index is 1.46. The van der Waals surface area contributed by atoms with E-state index in [1.165, 1.54) is 38.5 Å². The Morgan fingerprint density at radius 3 is 2.53 bits per heavy atom. The number of fused-ring (bicyclic) bond motifs is 2. The molecule has 3 aliphatic rings. The van der Waals surface area contributed by atoms with Gasteiger partial charge in [0.15, 0.2) is 0 Å². The highest BCUT2D eigenvalue weighted by Gasteiger charge is 2.42. The molecule has 3 aliphatic carbocycles. The van der Waals surface area contributed by atoms with Crippen molar-refractivity contribution in [2.75, 3.05) is 12.3 Å². The normalized spacial score (nSPS) is 35.7. The van der Waals surface area contributed by atoms with Gasteiger partial charge in [-0.05, 0) is 56.8 Å². The zero-order valence-electron chi connectivity index (χ0n) is 11.8. The van der Waals surface area contributed by atoms with Gasteiger partial charge in [-0.1, -0.05) is 6.42 Å². The number of nitrogens with one attached hydrogen (secondary N) is 2. The maximum atomic E-state index is 12.1. The van der Waals surface area contributed by atoms with Crippen LogP contribution < -0.4 is 10.0 Å². The SMILES string of the molecule is CC(NS(=O)(=O)CCNC1CC1)C1CC2CCC1C2. The fourth-order valence-electron chi connectivity index (χ4n) is 4.02. The number of hydrogen-bond acceptors (Lipinski definition) is 3. The highest BCUT2D eigenvalue weighted by molar-refractivity contribution is 7.89. The standard InChI is InChI=1S/C14H26N2O2S/c1-10(14-9-11-2-3-12(14)8-11)16-19(17,18)7-6-15-13-4-5-13/h10-16H,2-9H2,1H3. The third kappa shape index (κ3) is 3.50. The summed E-state index contributed by atoms with van der Waals surface area (Å²) in [7, 11) is -3.12. The van der Waals surface area contributed by atoms with Gasteiger partial charge >= 0.3 is 0 Å². The average Bonchev–Trinajstić information content (AvgIpc) is 2.92.